The Labute approximate surface area is 115 Å². The molecule has 0 aliphatic heterocycles. The number of carbonyl (C=O) groups excluding carboxylic acids is 1. The van der Waals surface area contributed by atoms with Gasteiger partial charge in [0.25, 0.3) is 0 Å². The summed E-state index contributed by atoms with van der Waals surface area (Å²) < 4.78 is 52.5. The number of hydrogen-bond donors (Lipinski definition) is 3. The fourth-order valence-corrected chi connectivity index (χ4v) is 1.71. The molecule has 0 atom stereocenters. The lowest BCUT2D eigenvalue weighted by atomic mass is 10.1. The molecule has 114 valence electrons. The Morgan fingerprint density at radius 1 is 1.14 bits per heavy atom. The molecule has 1 aromatic carbocycles. The molecule has 2 rings (SSSR count). The van der Waals surface area contributed by atoms with Crippen LogP contribution in [0.1, 0.15) is 12.8 Å². The second-order valence-corrected chi connectivity index (χ2v) is 4.74. The Morgan fingerprint density at radius 3 is 2.10 bits per heavy atom. The van der Waals surface area contributed by atoms with Gasteiger partial charge in [0.15, 0.2) is 23.3 Å². The van der Waals surface area contributed by atoms with Crippen LogP contribution in [-0.2, 0) is 4.79 Å². The van der Waals surface area contributed by atoms with Crippen molar-refractivity contribution in [1.29, 1.82) is 0 Å². The van der Waals surface area contributed by atoms with Gasteiger partial charge in [-0.05, 0) is 12.8 Å². The fraction of sp³-hybridized carbons (Fsp3) is 0.333. The molecule has 1 aromatic rings. The third-order valence-electron chi connectivity index (χ3n) is 3.24. The third-order valence-corrected chi connectivity index (χ3v) is 3.24. The summed E-state index contributed by atoms with van der Waals surface area (Å²) >= 11 is 0. The summed E-state index contributed by atoms with van der Waals surface area (Å²) in [7, 11) is 0. The van der Waals surface area contributed by atoms with Gasteiger partial charge in [0.2, 0.25) is 0 Å². The molecule has 1 fully saturated rings. The highest BCUT2D eigenvalue weighted by atomic mass is 19.2. The van der Waals surface area contributed by atoms with Crippen LogP contribution in [0.3, 0.4) is 0 Å². The van der Waals surface area contributed by atoms with Crippen LogP contribution in [0.4, 0.5) is 28.0 Å². The maximum atomic E-state index is 13.3. The van der Waals surface area contributed by atoms with Gasteiger partial charge in [-0.1, -0.05) is 0 Å². The molecule has 2 amide bonds. The van der Waals surface area contributed by atoms with Crippen LogP contribution in [0.2, 0.25) is 0 Å². The van der Waals surface area contributed by atoms with Crippen molar-refractivity contribution in [3.05, 3.63) is 29.3 Å². The van der Waals surface area contributed by atoms with Crippen LogP contribution in [0.15, 0.2) is 6.07 Å². The zero-order chi connectivity index (χ0) is 15.8. The molecule has 0 bridgehead atoms. The summed E-state index contributed by atoms with van der Waals surface area (Å²) in [6.45, 7) is -0.255. The molecule has 21 heavy (non-hydrogen) atoms. The van der Waals surface area contributed by atoms with Crippen LogP contribution < -0.4 is 10.6 Å². The summed E-state index contributed by atoms with van der Waals surface area (Å²) in [6, 6.07) is -1.15. The summed E-state index contributed by atoms with van der Waals surface area (Å²) in [4.78, 5) is 22.3. The van der Waals surface area contributed by atoms with Gasteiger partial charge in [0.1, 0.15) is 5.69 Å². The van der Waals surface area contributed by atoms with Gasteiger partial charge in [0, 0.05) is 12.6 Å². The lowest BCUT2D eigenvalue weighted by molar-refractivity contribution is -0.143. The van der Waals surface area contributed by atoms with Crippen LogP contribution in [0.5, 0.6) is 0 Å². The monoisotopic (exact) mass is 306 g/mol. The highest BCUT2D eigenvalue weighted by Crippen LogP contribution is 2.45. The van der Waals surface area contributed by atoms with Crippen LogP contribution in [0.25, 0.3) is 0 Å². The highest BCUT2D eigenvalue weighted by Gasteiger charge is 2.50. The molecule has 1 aliphatic rings. The largest absolute Gasteiger partial charge is 0.481 e. The summed E-state index contributed by atoms with van der Waals surface area (Å²) in [5.41, 5.74) is -2.35. The van der Waals surface area contributed by atoms with E-state index in [0.717, 1.165) is 0 Å². The average molecular weight is 306 g/mol. The van der Waals surface area contributed by atoms with E-state index in [-0.39, 0.29) is 12.6 Å². The van der Waals surface area contributed by atoms with E-state index in [1.165, 1.54) is 0 Å². The number of carbonyl (C=O) groups is 2. The Hall–Kier alpha value is -2.32. The minimum Gasteiger partial charge on any atom is -0.481 e. The smallest absolute Gasteiger partial charge is 0.319 e. The highest BCUT2D eigenvalue weighted by molar-refractivity contribution is 5.90. The molecule has 3 N–H and O–H groups in total. The fourth-order valence-electron chi connectivity index (χ4n) is 1.71. The summed E-state index contributed by atoms with van der Waals surface area (Å²) in [5, 5.41) is 12.6. The molecular weight excluding hydrogens is 296 g/mol. The molecule has 0 heterocycles. The number of amides is 2. The minimum atomic E-state index is -1.75. The molecular formula is C12H10F4N2O3. The first-order valence-electron chi connectivity index (χ1n) is 5.88. The molecule has 0 radical (unpaired) electrons. The second kappa shape index (κ2) is 5.23. The second-order valence-electron chi connectivity index (χ2n) is 4.74. The van der Waals surface area contributed by atoms with Crippen molar-refractivity contribution in [3.63, 3.8) is 0 Å². The van der Waals surface area contributed by atoms with Crippen LogP contribution in [0, 0.1) is 28.7 Å². The third kappa shape index (κ3) is 2.91. The van der Waals surface area contributed by atoms with Gasteiger partial charge in [-0.25, -0.2) is 22.4 Å². The van der Waals surface area contributed by atoms with Crippen molar-refractivity contribution >= 4 is 17.7 Å². The summed E-state index contributed by atoms with van der Waals surface area (Å²) in [5.74, 6) is -7.91. The zero-order valence-electron chi connectivity index (χ0n) is 10.5. The van der Waals surface area contributed by atoms with E-state index in [4.69, 9.17) is 5.11 Å². The molecule has 0 spiro atoms. The molecule has 0 unspecified atom stereocenters. The Kier molecular flexibility index (Phi) is 3.75. The standard InChI is InChI=1S/C12H10F4N2O3/c13-5-3-6(14)8(16)9(7(5)15)18-11(21)17-4-12(1-2-12)10(19)20/h3H,1-2,4H2,(H,19,20)(H2,17,18,21). The number of benzene rings is 1. The number of halogens is 4. The molecule has 0 aromatic heterocycles. The minimum absolute atomic E-state index is 0.0113. The van der Waals surface area contributed by atoms with Gasteiger partial charge < -0.3 is 15.7 Å². The van der Waals surface area contributed by atoms with Gasteiger partial charge in [-0.15, -0.1) is 0 Å². The predicted molar refractivity (Wildman–Crippen MR) is 62.6 cm³/mol. The Bertz CT molecular complexity index is 591. The number of aliphatic carboxylic acids is 1. The van der Waals surface area contributed by atoms with Crippen molar-refractivity contribution < 1.29 is 32.3 Å². The number of hydrogen-bond acceptors (Lipinski definition) is 2. The first-order chi connectivity index (χ1) is 9.77. The SMILES string of the molecule is O=C(NCC1(C(=O)O)CC1)Nc1c(F)c(F)cc(F)c1F. The summed E-state index contributed by atoms with van der Waals surface area (Å²) in [6.07, 6.45) is 0.722. The molecule has 1 aliphatic carbocycles. The number of urea groups is 1. The van der Waals surface area contributed by atoms with E-state index < -0.39 is 46.4 Å². The molecule has 1 saturated carbocycles. The van der Waals surface area contributed by atoms with E-state index in [2.05, 4.69) is 5.32 Å². The van der Waals surface area contributed by atoms with Crippen molar-refractivity contribution in [3.8, 4) is 0 Å². The van der Waals surface area contributed by atoms with Crippen molar-refractivity contribution in [2.75, 3.05) is 11.9 Å². The van der Waals surface area contributed by atoms with Crippen LogP contribution >= 0.6 is 0 Å². The topological polar surface area (TPSA) is 78.4 Å². The van der Waals surface area contributed by atoms with E-state index in [1.54, 1.807) is 5.32 Å². The van der Waals surface area contributed by atoms with Gasteiger partial charge in [-0.2, -0.15) is 0 Å². The number of anilines is 1. The Balaban J connectivity index is 2.05. The number of carboxylic acid groups (broad SMARTS) is 1. The van der Waals surface area contributed by atoms with E-state index in [1.807, 2.05) is 0 Å². The first-order valence-corrected chi connectivity index (χ1v) is 5.88. The van der Waals surface area contributed by atoms with Gasteiger partial charge >= 0.3 is 12.0 Å². The quantitative estimate of drug-likeness (QED) is 0.589. The van der Waals surface area contributed by atoms with Crippen molar-refractivity contribution in [1.82, 2.24) is 5.32 Å². The van der Waals surface area contributed by atoms with Gasteiger partial charge in [0.05, 0.1) is 5.41 Å². The van der Waals surface area contributed by atoms with Gasteiger partial charge in [-0.3, -0.25) is 4.79 Å². The molecule has 0 saturated heterocycles. The zero-order valence-corrected chi connectivity index (χ0v) is 10.5. The Morgan fingerprint density at radius 2 is 1.67 bits per heavy atom. The maximum absolute atomic E-state index is 13.3. The molecule has 5 nitrogen and oxygen atoms in total. The first kappa shape index (κ1) is 15.1. The predicted octanol–water partition coefficient (Wildman–Crippen LogP) is 2.23. The van der Waals surface area contributed by atoms with Crippen molar-refractivity contribution in [2.24, 2.45) is 5.41 Å². The average Bonchev–Trinajstić information content (AvgIpc) is 3.20. The van der Waals surface area contributed by atoms with Crippen LogP contribution in [-0.4, -0.2) is 23.7 Å². The lowest BCUT2D eigenvalue weighted by Gasteiger charge is -2.13. The van der Waals surface area contributed by atoms with E-state index >= 15 is 0 Å². The maximum Gasteiger partial charge on any atom is 0.319 e. The van der Waals surface area contributed by atoms with E-state index in [9.17, 15) is 27.2 Å². The normalized spacial score (nSPS) is 15.4. The number of carboxylic acids is 1. The van der Waals surface area contributed by atoms with Crippen molar-refractivity contribution in [2.45, 2.75) is 12.8 Å². The van der Waals surface area contributed by atoms with E-state index in [0.29, 0.717) is 12.8 Å². The lowest BCUT2D eigenvalue weighted by Crippen LogP contribution is -2.37. The number of rotatable bonds is 4. The number of nitrogens with one attached hydrogen (secondary N) is 2. The molecule has 9 heteroatoms.